The molecule has 2 aromatic carbocycles. The Balaban J connectivity index is 1.55. The first-order chi connectivity index (χ1) is 14.4. The molecule has 0 atom stereocenters. The van der Waals surface area contributed by atoms with Crippen molar-refractivity contribution < 1.29 is 13.2 Å². The van der Waals surface area contributed by atoms with E-state index in [-0.39, 0.29) is 16.4 Å². The number of nitrogens with one attached hydrogen (secondary N) is 2. The predicted molar refractivity (Wildman–Crippen MR) is 114 cm³/mol. The maximum absolute atomic E-state index is 13.1. The number of sulfonamides is 1. The zero-order valence-electron chi connectivity index (χ0n) is 16.6. The molecule has 2 heterocycles. The molecule has 30 heavy (non-hydrogen) atoms. The van der Waals surface area contributed by atoms with Gasteiger partial charge in [0, 0.05) is 24.2 Å². The second-order valence-electron chi connectivity index (χ2n) is 7.27. The SMILES string of the molecule is Cc1ccc(C(=O)Nc2n[nH]c(-c3ccccc3)n2)cc1S(=O)(=O)N1CCCCC1. The summed E-state index contributed by atoms with van der Waals surface area (Å²) in [5.41, 5.74) is 1.69. The van der Waals surface area contributed by atoms with E-state index in [9.17, 15) is 13.2 Å². The van der Waals surface area contributed by atoms with E-state index in [0.717, 1.165) is 24.8 Å². The van der Waals surface area contributed by atoms with Crippen LogP contribution in [0, 0.1) is 6.92 Å². The Hall–Kier alpha value is -3.04. The fraction of sp³-hybridized carbons (Fsp3) is 0.286. The fourth-order valence-electron chi connectivity index (χ4n) is 3.48. The fourth-order valence-corrected chi connectivity index (χ4v) is 5.25. The Labute approximate surface area is 175 Å². The first kappa shape index (κ1) is 20.2. The predicted octanol–water partition coefficient (Wildman–Crippen LogP) is 3.21. The number of aromatic amines is 1. The van der Waals surface area contributed by atoms with Gasteiger partial charge in [-0.1, -0.05) is 42.8 Å². The first-order valence-electron chi connectivity index (χ1n) is 9.85. The number of piperidine rings is 1. The Kier molecular flexibility index (Phi) is 5.65. The van der Waals surface area contributed by atoms with E-state index in [0.29, 0.717) is 24.5 Å². The molecule has 156 valence electrons. The van der Waals surface area contributed by atoms with Crippen LogP contribution in [0.3, 0.4) is 0 Å². The minimum atomic E-state index is -3.64. The number of aryl methyl sites for hydroxylation is 1. The lowest BCUT2D eigenvalue weighted by Crippen LogP contribution is -2.36. The molecule has 1 aromatic heterocycles. The van der Waals surface area contributed by atoms with E-state index in [1.807, 2.05) is 30.3 Å². The Morgan fingerprint density at radius 2 is 1.80 bits per heavy atom. The third-order valence-electron chi connectivity index (χ3n) is 5.14. The van der Waals surface area contributed by atoms with Crippen LogP contribution in [0.5, 0.6) is 0 Å². The van der Waals surface area contributed by atoms with Crippen molar-refractivity contribution in [3.05, 3.63) is 59.7 Å². The Morgan fingerprint density at radius 1 is 1.07 bits per heavy atom. The molecule has 1 fully saturated rings. The van der Waals surface area contributed by atoms with E-state index in [2.05, 4.69) is 20.5 Å². The van der Waals surface area contributed by atoms with E-state index in [1.165, 1.54) is 10.4 Å². The van der Waals surface area contributed by atoms with Crippen molar-refractivity contribution in [1.82, 2.24) is 19.5 Å². The number of nitrogens with zero attached hydrogens (tertiary/aromatic N) is 3. The minimum Gasteiger partial charge on any atom is -0.289 e. The van der Waals surface area contributed by atoms with Crippen molar-refractivity contribution >= 4 is 21.9 Å². The summed E-state index contributed by atoms with van der Waals surface area (Å²) in [6.45, 7) is 2.76. The summed E-state index contributed by atoms with van der Waals surface area (Å²) in [6.07, 6.45) is 2.75. The van der Waals surface area contributed by atoms with Crippen molar-refractivity contribution in [3.63, 3.8) is 0 Å². The molecule has 0 aliphatic carbocycles. The number of hydrogen-bond acceptors (Lipinski definition) is 5. The average molecular weight is 426 g/mol. The van der Waals surface area contributed by atoms with Crippen LogP contribution < -0.4 is 5.32 Å². The molecule has 8 nitrogen and oxygen atoms in total. The highest BCUT2D eigenvalue weighted by Gasteiger charge is 2.28. The summed E-state index contributed by atoms with van der Waals surface area (Å²) in [6, 6.07) is 14.1. The number of rotatable bonds is 5. The lowest BCUT2D eigenvalue weighted by molar-refractivity contribution is 0.102. The highest BCUT2D eigenvalue weighted by Crippen LogP contribution is 2.25. The maximum atomic E-state index is 13.1. The summed E-state index contributed by atoms with van der Waals surface area (Å²) >= 11 is 0. The molecule has 1 saturated heterocycles. The van der Waals surface area contributed by atoms with E-state index < -0.39 is 15.9 Å². The van der Waals surface area contributed by atoms with Gasteiger partial charge in [-0.2, -0.15) is 9.29 Å². The van der Waals surface area contributed by atoms with Gasteiger partial charge in [-0.25, -0.2) is 8.42 Å². The monoisotopic (exact) mass is 425 g/mol. The van der Waals surface area contributed by atoms with Crippen molar-refractivity contribution in [1.29, 1.82) is 0 Å². The van der Waals surface area contributed by atoms with Gasteiger partial charge in [0.25, 0.3) is 5.91 Å². The Morgan fingerprint density at radius 3 is 2.53 bits per heavy atom. The molecular weight excluding hydrogens is 402 g/mol. The van der Waals surface area contributed by atoms with Crippen LogP contribution in [-0.4, -0.2) is 46.9 Å². The van der Waals surface area contributed by atoms with Crippen LogP contribution in [0.2, 0.25) is 0 Å². The Bertz CT molecular complexity index is 1150. The molecule has 1 aliphatic heterocycles. The number of carbonyl (C=O) groups excluding carboxylic acids is 1. The van der Waals surface area contributed by atoms with Crippen molar-refractivity contribution in [2.45, 2.75) is 31.1 Å². The molecule has 2 N–H and O–H groups in total. The molecule has 0 radical (unpaired) electrons. The smallest absolute Gasteiger partial charge is 0.258 e. The molecule has 0 saturated carbocycles. The third kappa shape index (κ3) is 4.12. The van der Waals surface area contributed by atoms with E-state index >= 15 is 0 Å². The van der Waals surface area contributed by atoms with Gasteiger partial charge < -0.3 is 0 Å². The van der Waals surface area contributed by atoms with Gasteiger partial charge in [-0.15, -0.1) is 5.10 Å². The summed E-state index contributed by atoms with van der Waals surface area (Å²) < 4.78 is 27.6. The van der Waals surface area contributed by atoms with Crippen LogP contribution in [0.4, 0.5) is 5.95 Å². The number of hydrogen-bond donors (Lipinski definition) is 2. The number of aromatic nitrogens is 3. The van der Waals surface area contributed by atoms with Crippen molar-refractivity contribution in [2.24, 2.45) is 0 Å². The maximum Gasteiger partial charge on any atom is 0.258 e. The minimum absolute atomic E-state index is 0.125. The zero-order chi connectivity index (χ0) is 21.1. The van der Waals surface area contributed by atoms with Gasteiger partial charge in [0.05, 0.1) is 4.90 Å². The molecule has 0 spiro atoms. The zero-order valence-corrected chi connectivity index (χ0v) is 17.4. The third-order valence-corrected chi connectivity index (χ3v) is 7.18. The summed E-state index contributed by atoms with van der Waals surface area (Å²) in [5, 5.41) is 9.44. The number of H-pyrrole nitrogens is 1. The normalized spacial score (nSPS) is 15.1. The van der Waals surface area contributed by atoms with Gasteiger partial charge in [0.2, 0.25) is 16.0 Å². The molecular formula is C21H23N5O3S. The second kappa shape index (κ2) is 8.37. The topological polar surface area (TPSA) is 108 Å². The number of carbonyl (C=O) groups is 1. The second-order valence-corrected chi connectivity index (χ2v) is 9.18. The van der Waals surface area contributed by atoms with Gasteiger partial charge >= 0.3 is 0 Å². The lowest BCUT2D eigenvalue weighted by atomic mass is 10.1. The highest BCUT2D eigenvalue weighted by molar-refractivity contribution is 7.89. The molecule has 4 rings (SSSR count). The quantitative estimate of drug-likeness (QED) is 0.653. The van der Waals surface area contributed by atoms with Crippen LogP contribution in [0.15, 0.2) is 53.4 Å². The molecule has 3 aromatic rings. The summed E-state index contributed by atoms with van der Waals surface area (Å²) in [7, 11) is -3.64. The molecule has 0 bridgehead atoms. The van der Waals surface area contributed by atoms with Crippen molar-refractivity contribution in [3.8, 4) is 11.4 Å². The highest BCUT2D eigenvalue weighted by atomic mass is 32.2. The van der Waals surface area contributed by atoms with Crippen LogP contribution in [0.25, 0.3) is 11.4 Å². The van der Waals surface area contributed by atoms with Gasteiger partial charge in [-0.05, 0) is 37.5 Å². The van der Waals surface area contributed by atoms with E-state index in [1.54, 1.807) is 19.1 Å². The molecule has 9 heteroatoms. The first-order valence-corrected chi connectivity index (χ1v) is 11.3. The van der Waals surface area contributed by atoms with Gasteiger partial charge in [0.15, 0.2) is 5.82 Å². The van der Waals surface area contributed by atoms with E-state index in [4.69, 9.17) is 0 Å². The lowest BCUT2D eigenvalue weighted by Gasteiger charge is -2.26. The summed E-state index contributed by atoms with van der Waals surface area (Å²) in [4.78, 5) is 17.2. The molecule has 0 unspecified atom stereocenters. The van der Waals surface area contributed by atoms with Crippen LogP contribution in [0.1, 0.15) is 35.2 Å². The number of anilines is 1. The molecule has 1 aliphatic rings. The van der Waals surface area contributed by atoms with Gasteiger partial charge in [0.1, 0.15) is 0 Å². The van der Waals surface area contributed by atoms with Crippen LogP contribution >= 0.6 is 0 Å². The standard InChI is InChI=1S/C21H23N5O3S/c1-15-10-11-17(14-18(15)30(28,29)26-12-6-3-7-13-26)20(27)23-21-22-19(24-25-21)16-8-4-2-5-9-16/h2,4-5,8-11,14H,3,6-7,12-13H2,1H3,(H2,22,23,24,25,27). The number of benzene rings is 2. The van der Waals surface area contributed by atoms with Crippen molar-refractivity contribution in [2.75, 3.05) is 18.4 Å². The van der Waals surface area contributed by atoms with Gasteiger partial charge in [-0.3, -0.25) is 15.2 Å². The molecule has 1 amide bonds. The van der Waals surface area contributed by atoms with Crippen LogP contribution in [-0.2, 0) is 10.0 Å². The largest absolute Gasteiger partial charge is 0.289 e. The number of amides is 1. The average Bonchev–Trinajstić information content (AvgIpc) is 3.23. The summed E-state index contributed by atoms with van der Waals surface area (Å²) in [5.74, 6) is 0.187.